The van der Waals surface area contributed by atoms with E-state index in [0.717, 1.165) is 6.42 Å². The molecule has 7 atom stereocenters. The summed E-state index contributed by atoms with van der Waals surface area (Å²) in [6.07, 6.45) is 8.68. The van der Waals surface area contributed by atoms with Gasteiger partial charge in [0.1, 0.15) is 17.8 Å². The van der Waals surface area contributed by atoms with Crippen molar-refractivity contribution >= 4 is 11.9 Å². The van der Waals surface area contributed by atoms with Gasteiger partial charge in [0.2, 0.25) is 0 Å². The lowest BCUT2D eigenvalue weighted by atomic mass is 9.89. The van der Waals surface area contributed by atoms with E-state index in [9.17, 15) is 24.9 Å². The van der Waals surface area contributed by atoms with E-state index in [-0.39, 0.29) is 31.1 Å². The highest BCUT2D eigenvalue weighted by atomic mass is 16.6. The lowest BCUT2D eigenvalue weighted by Crippen LogP contribution is -2.42. The van der Waals surface area contributed by atoms with Gasteiger partial charge in [0.25, 0.3) is 0 Å². The molecule has 0 aliphatic carbocycles. The van der Waals surface area contributed by atoms with Crippen LogP contribution < -0.4 is 0 Å². The zero-order valence-electron chi connectivity index (χ0n) is 19.2. The number of carbonyl (C=O) groups excluding carboxylic acids is 2. The minimum Gasteiger partial charge on any atom is -0.457 e. The van der Waals surface area contributed by atoms with Crippen molar-refractivity contribution < 1.29 is 34.4 Å². The molecule has 0 aromatic heterocycles. The second kappa shape index (κ2) is 12.8. The van der Waals surface area contributed by atoms with E-state index in [4.69, 9.17) is 9.47 Å². The molecule has 0 bridgehead atoms. The summed E-state index contributed by atoms with van der Waals surface area (Å²) >= 11 is 0. The van der Waals surface area contributed by atoms with E-state index in [2.05, 4.69) is 0 Å². The molecule has 0 aromatic carbocycles. The van der Waals surface area contributed by atoms with E-state index in [1.54, 1.807) is 32.1 Å². The van der Waals surface area contributed by atoms with Gasteiger partial charge in [0.05, 0.1) is 18.6 Å². The second-order valence-electron chi connectivity index (χ2n) is 8.75. The Morgan fingerprint density at radius 1 is 1.35 bits per heavy atom. The third kappa shape index (κ3) is 10.8. The Bertz CT molecular complexity index is 663. The highest BCUT2D eigenvalue weighted by molar-refractivity contribution is 5.70. The normalized spacial score (nSPS) is 32.8. The van der Waals surface area contributed by atoms with Crippen LogP contribution in [0.5, 0.6) is 0 Å². The van der Waals surface area contributed by atoms with E-state index in [1.165, 1.54) is 6.92 Å². The molecule has 3 N–H and O–H groups in total. The third-order valence-corrected chi connectivity index (χ3v) is 5.22. The first-order valence-corrected chi connectivity index (χ1v) is 10.9. The molecule has 0 spiro atoms. The number of hydrogen-bond acceptors (Lipinski definition) is 7. The van der Waals surface area contributed by atoms with Crippen LogP contribution in [0.1, 0.15) is 60.3 Å². The molecule has 31 heavy (non-hydrogen) atoms. The molecule has 0 amide bonds. The Hall–Kier alpha value is -1.96. The molecule has 7 unspecified atom stereocenters. The number of hydrogen-bond donors (Lipinski definition) is 3. The smallest absolute Gasteiger partial charge is 0.309 e. The Balaban J connectivity index is 3.07. The summed E-state index contributed by atoms with van der Waals surface area (Å²) in [5, 5.41) is 30.3. The van der Waals surface area contributed by atoms with Crippen molar-refractivity contribution in [1.82, 2.24) is 0 Å². The Kier molecular flexibility index (Phi) is 11.2. The van der Waals surface area contributed by atoms with E-state index in [1.807, 2.05) is 32.1 Å². The summed E-state index contributed by atoms with van der Waals surface area (Å²) in [6, 6.07) is 0. The molecule has 7 nitrogen and oxygen atoms in total. The van der Waals surface area contributed by atoms with Crippen LogP contribution in [0.4, 0.5) is 0 Å². The van der Waals surface area contributed by atoms with Crippen molar-refractivity contribution in [2.24, 2.45) is 11.8 Å². The first-order valence-electron chi connectivity index (χ1n) is 10.9. The second-order valence-corrected chi connectivity index (χ2v) is 8.75. The number of rotatable bonds is 6. The Labute approximate surface area is 185 Å². The van der Waals surface area contributed by atoms with Gasteiger partial charge in [-0.2, -0.15) is 0 Å². The van der Waals surface area contributed by atoms with Crippen molar-refractivity contribution in [3.05, 3.63) is 36.5 Å². The minimum absolute atomic E-state index is 0.152. The maximum Gasteiger partial charge on any atom is 0.309 e. The molecule has 0 saturated heterocycles. The topological polar surface area (TPSA) is 113 Å². The molecule has 1 aliphatic rings. The summed E-state index contributed by atoms with van der Waals surface area (Å²) in [5.74, 6) is -1.13. The van der Waals surface area contributed by atoms with Crippen LogP contribution in [0.2, 0.25) is 0 Å². The lowest BCUT2D eigenvalue weighted by Gasteiger charge is -2.32. The summed E-state index contributed by atoms with van der Waals surface area (Å²) < 4.78 is 10.9. The zero-order chi connectivity index (χ0) is 23.6. The summed E-state index contributed by atoms with van der Waals surface area (Å²) in [4.78, 5) is 23.8. The van der Waals surface area contributed by atoms with Gasteiger partial charge in [-0.05, 0) is 51.2 Å². The van der Waals surface area contributed by atoms with Crippen molar-refractivity contribution in [2.75, 3.05) is 0 Å². The zero-order valence-corrected chi connectivity index (χ0v) is 19.2. The van der Waals surface area contributed by atoms with Gasteiger partial charge in [-0.1, -0.05) is 38.2 Å². The number of carbonyl (C=O) groups is 2. The van der Waals surface area contributed by atoms with E-state index in [0.29, 0.717) is 0 Å². The number of ether oxygens (including phenoxy) is 2. The average Bonchev–Trinajstić information content (AvgIpc) is 2.65. The lowest BCUT2D eigenvalue weighted by molar-refractivity contribution is -0.157. The number of cyclic esters (lactones) is 1. The number of esters is 2. The summed E-state index contributed by atoms with van der Waals surface area (Å²) in [6.45, 7) is 8.38. The fourth-order valence-electron chi connectivity index (χ4n) is 3.22. The largest absolute Gasteiger partial charge is 0.457 e. The maximum absolute atomic E-state index is 12.3. The van der Waals surface area contributed by atoms with Crippen molar-refractivity contribution in [1.29, 1.82) is 0 Å². The van der Waals surface area contributed by atoms with Gasteiger partial charge in [-0.15, -0.1) is 0 Å². The molecular weight excluding hydrogens is 400 g/mol. The fourth-order valence-corrected chi connectivity index (χ4v) is 3.22. The first kappa shape index (κ1) is 27.1. The summed E-state index contributed by atoms with van der Waals surface area (Å²) in [5.41, 5.74) is -1.39. The molecule has 0 radical (unpaired) electrons. The van der Waals surface area contributed by atoms with Gasteiger partial charge >= 0.3 is 11.9 Å². The van der Waals surface area contributed by atoms with Crippen molar-refractivity contribution in [3.8, 4) is 0 Å². The molecule has 0 saturated carbocycles. The number of allylic oxidation sites excluding steroid dienone is 2. The number of aliphatic hydroxyl groups is 3. The van der Waals surface area contributed by atoms with Gasteiger partial charge in [0, 0.05) is 12.8 Å². The monoisotopic (exact) mass is 438 g/mol. The Morgan fingerprint density at radius 2 is 2.03 bits per heavy atom. The Morgan fingerprint density at radius 3 is 2.65 bits per heavy atom. The van der Waals surface area contributed by atoms with Gasteiger partial charge in [-0.25, -0.2) is 0 Å². The maximum atomic E-state index is 12.3. The predicted molar refractivity (Wildman–Crippen MR) is 118 cm³/mol. The molecule has 176 valence electrons. The first-order chi connectivity index (χ1) is 14.4. The molecule has 0 aromatic rings. The van der Waals surface area contributed by atoms with Crippen LogP contribution in [-0.2, 0) is 19.1 Å². The van der Waals surface area contributed by atoms with Crippen molar-refractivity contribution in [2.45, 2.75) is 90.3 Å². The third-order valence-electron chi connectivity index (χ3n) is 5.22. The molecule has 7 heteroatoms. The van der Waals surface area contributed by atoms with Crippen LogP contribution in [0.15, 0.2) is 36.5 Å². The van der Waals surface area contributed by atoms with Crippen molar-refractivity contribution in [3.63, 3.8) is 0 Å². The van der Waals surface area contributed by atoms with Gasteiger partial charge < -0.3 is 24.8 Å². The highest BCUT2D eigenvalue weighted by Gasteiger charge is 2.34. The van der Waals surface area contributed by atoms with E-state index >= 15 is 0 Å². The van der Waals surface area contributed by atoms with Crippen LogP contribution in [0.3, 0.4) is 0 Å². The SMILES string of the molecule is CC(=O)OC1C=CC(C)C(C=CC(C)CC=CC(C)O)OC(=O)CC(O)CCC1(C)O. The predicted octanol–water partition coefficient (Wildman–Crippen LogP) is 2.84. The highest BCUT2D eigenvalue weighted by Crippen LogP contribution is 2.25. The summed E-state index contributed by atoms with van der Waals surface area (Å²) in [7, 11) is 0. The van der Waals surface area contributed by atoms with E-state index < -0.39 is 42.0 Å². The van der Waals surface area contributed by atoms with Crippen LogP contribution in [0.25, 0.3) is 0 Å². The molecule has 1 rings (SSSR count). The minimum atomic E-state index is -1.39. The fraction of sp³-hybridized carbons (Fsp3) is 0.667. The molecule has 1 aliphatic heterocycles. The van der Waals surface area contributed by atoms with Gasteiger partial charge in [0.15, 0.2) is 0 Å². The quantitative estimate of drug-likeness (QED) is 0.432. The molecule has 0 fully saturated rings. The van der Waals surface area contributed by atoms with Gasteiger partial charge in [-0.3, -0.25) is 9.59 Å². The standard InChI is InChI=1S/C24H38O7/c1-16(7-6-8-18(3)25)9-11-21-17(2)10-12-22(30-19(4)26)24(5,29)14-13-20(27)15-23(28)31-21/h6,8-12,16-18,20-22,25,27,29H,7,13-15H2,1-5H3. The molecular formula is C24H38O7. The van der Waals surface area contributed by atoms with Crippen LogP contribution in [0, 0.1) is 11.8 Å². The number of aliphatic hydroxyl groups excluding tert-OH is 2. The average molecular weight is 439 g/mol. The van der Waals surface area contributed by atoms with Crippen LogP contribution >= 0.6 is 0 Å². The molecule has 1 heterocycles. The van der Waals surface area contributed by atoms with Crippen LogP contribution in [-0.4, -0.2) is 57.3 Å².